The van der Waals surface area contributed by atoms with E-state index in [0.717, 1.165) is 12.8 Å². The zero-order valence-corrected chi connectivity index (χ0v) is 7.50. The molecule has 1 aliphatic carbocycles. The molecule has 2 nitrogen and oxygen atoms in total. The van der Waals surface area contributed by atoms with Gasteiger partial charge in [-0.3, -0.25) is 0 Å². The van der Waals surface area contributed by atoms with Gasteiger partial charge in [-0.25, -0.2) is 0 Å². The zero-order valence-electron chi connectivity index (χ0n) is 7.50. The third kappa shape index (κ3) is 2.83. The lowest BCUT2D eigenvalue weighted by Gasteiger charge is -2.18. The van der Waals surface area contributed by atoms with Crippen molar-refractivity contribution in [3.63, 3.8) is 0 Å². The molecule has 1 fully saturated rings. The van der Waals surface area contributed by atoms with Crippen molar-refractivity contribution in [2.45, 2.75) is 51.0 Å². The highest BCUT2D eigenvalue weighted by atomic mass is 16.3. The Labute approximate surface area is 74.2 Å². The molecular weight excluding hydrogens is 150 g/mol. The van der Waals surface area contributed by atoms with Gasteiger partial charge in [-0.05, 0) is 18.8 Å². The standard InChI is InChI=1S/C10H17NO/c11-8-7-10(12)9-5-3-1-2-4-6-9/h9-10,12H,1-7H2. The van der Waals surface area contributed by atoms with E-state index in [9.17, 15) is 5.11 Å². The highest BCUT2D eigenvalue weighted by Crippen LogP contribution is 2.26. The third-order valence-corrected chi connectivity index (χ3v) is 2.74. The average molecular weight is 167 g/mol. The van der Waals surface area contributed by atoms with Gasteiger partial charge in [-0.15, -0.1) is 0 Å². The number of aliphatic hydroxyl groups is 1. The molecule has 0 spiro atoms. The molecule has 0 amide bonds. The minimum atomic E-state index is -0.368. The van der Waals surface area contributed by atoms with Gasteiger partial charge in [0, 0.05) is 0 Å². The number of aliphatic hydroxyl groups excluding tert-OH is 1. The molecule has 68 valence electrons. The second kappa shape index (κ2) is 5.16. The van der Waals surface area contributed by atoms with Crippen LogP contribution in [0.15, 0.2) is 0 Å². The van der Waals surface area contributed by atoms with Crippen molar-refractivity contribution in [2.75, 3.05) is 0 Å². The number of rotatable bonds is 2. The Morgan fingerprint density at radius 1 is 1.25 bits per heavy atom. The fraction of sp³-hybridized carbons (Fsp3) is 0.900. The molecule has 1 atom stereocenters. The Kier molecular flexibility index (Phi) is 4.10. The van der Waals surface area contributed by atoms with Gasteiger partial charge >= 0.3 is 0 Å². The van der Waals surface area contributed by atoms with Crippen LogP contribution in [0.2, 0.25) is 0 Å². The van der Waals surface area contributed by atoms with Gasteiger partial charge in [0.25, 0.3) is 0 Å². The van der Waals surface area contributed by atoms with E-state index >= 15 is 0 Å². The summed E-state index contributed by atoms with van der Waals surface area (Å²) in [5.41, 5.74) is 0. The molecule has 0 aromatic rings. The predicted molar refractivity (Wildman–Crippen MR) is 47.4 cm³/mol. The zero-order chi connectivity index (χ0) is 8.81. The Morgan fingerprint density at radius 3 is 2.33 bits per heavy atom. The normalized spacial score (nSPS) is 22.7. The summed E-state index contributed by atoms with van der Waals surface area (Å²) in [6.07, 6.45) is 7.23. The molecule has 0 bridgehead atoms. The topological polar surface area (TPSA) is 44.0 Å². The molecule has 2 heteroatoms. The fourth-order valence-corrected chi connectivity index (χ4v) is 1.96. The van der Waals surface area contributed by atoms with Crippen molar-refractivity contribution < 1.29 is 5.11 Å². The largest absolute Gasteiger partial charge is 0.392 e. The molecule has 0 saturated heterocycles. The van der Waals surface area contributed by atoms with E-state index in [2.05, 4.69) is 0 Å². The van der Waals surface area contributed by atoms with Gasteiger partial charge in [0.1, 0.15) is 0 Å². The maximum Gasteiger partial charge on any atom is 0.0698 e. The van der Waals surface area contributed by atoms with E-state index in [-0.39, 0.29) is 6.10 Å². The molecule has 1 aliphatic rings. The van der Waals surface area contributed by atoms with Crippen LogP contribution < -0.4 is 0 Å². The first-order chi connectivity index (χ1) is 5.84. The number of nitrogens with zero attached hydrogens (tertiary/aromatic N) is 1. The van der Waals surface area contributed by atoms with Crippen LogP contribution in [-0.2, 0) is 0 Å². The van der Waals surface area contributed by atoms with E-state index in [1.807, 2.05) is 6.07 Å². The second-order valence-electron chi connectivity index (χ2n) is 3.68. The van der Waals surface area contributed by atoms with E-state index in [0.29, 0.717) is 12.3 Å². The van der Waals surface area contributed by atoms with Gasteiger partial charge in [-0.1, -0.05) is 25.7 Å². The lowest BCUT2D eigenvalue weighted by Crippen LogP contribution is -2.19. The van der Waals surface area contributed by atoms with Crippen LogP contribution >= 0.6 is 0 Å². The van der Waals surface area contributed by atoms with Crippen LogP contribution in [0.4, 0.5) is 0 Å². The predicted octanol–water partition coefficient (Wildman–Crippen LogP) is 2.23. The Balaban J connectivity index is 2.33. The van der Waals surface area contributed by atoms with Crippen molar-refractivity contribution in [1.82, 2.24) is 0 Å². The van der Waals surface area contributed by atoms with E-state index in [1.54, 1.807) is 0 Å². The van der Waals surface area contributed by atoms with Crippen molar-refractivity contribution in [1.29, 1.82) is 5.26 Å². The Morgan fingerprint density at radius 2 is 1.83 bits per heavy atom. The Bertz CT molecular complexity index is 154. The highest BCUT2D eigenvalue weighted by Gasteiger charge is 2.19. The summed E-state index contributed by atoms with van der Waals surface area (Å²) in [5, 5.41) is 18.0. The molecule has 0 aromatic heterocycles. The molecule has 1 saturated carbocycles. The van der Waals surface area contributed by atoms with Gasteiger partial charge in [-0.2, -0.15) is 5.26 Å². The first kappa shape index (κ1) is 9.54. The van der Waals surface area contributed by atoms with Crippen LogP contribution in [0.1, 0.15) is 44.9 Å². The van der Waals surface area contributed by atoms with Gasteiger partial charge in [0.2, 0.25) is 0 Å². The summed E-state index contributed by atoms with van der Waals surface area (Å²) < 4.78 is 0. The van der Waals surface area contributed by atoms with Crippen LogP contribution in [0.5, 0.6) is 0 Å². The average Bonchev–Trinajstić information content (AvgIpc) is 2.32. The van der Waals surface area contributed by atoms with Gasteiger partial charge in [0.05, 0.1) is 18.6 Å². The Hall–Kier alpha value is -0.550. The van der Waals surface area contributed by atoms with Gasteiger partial charge < -0.3 is 5.11 Å². The highest BCUT2D eigenvalue weighted by molar-refractivity contribution is 4.81. The summed E-state index contributed by atoms with van der Waals surface area (Å²) in [4.78, 5) is 0. The van der Waals surface area contributed by atoms with Gasteiger partial charge in [0.15, 0.2) is 0 Å². The second-order valence-corrected chi connectivity index (χ2v) is 3.68. The number of hydrogen-bond acceptors (Lipinski definition) is 2. The minimum absolute atomic E-state index is 0.310. The maximum absolute atomic E-state index is 9.58. The summed E-state index contributed by atoms with van der Waals surface area (Å²) in [7, 11) is 0. The van der Waals surface area contributed by atoms with Crippen molar-refractivity contribution in [2.24, 2.45) is 5.92 Å². The summed E-state index contributed by atoms with van der Waals surface area (Å²) in [5.74, 6) is 0.396. The lowest BCUT2D eigenvalue weighted by atomic mass is 9.92. The van der Waals surface area contributed by atoms with Crippen molar-refractivity contribution in [3.8, 4) is 6.07 Å². The summed E-state index contributed by atoms with van der Waals surface area (Å²) in [6.45, 7) is 0. The summed E-state index contributed by atoms with van der Waals surface area (Å²) in [6, 6.07) is 2.04. The SMILES string of the molecule is N#CCC(O)C1CCCCCC1. The first-order valence-corrected chi connectivity index (χ1v) is 4.89. The van der Waals surface area contributed by atoms with Crippen LogP contribution in [0.25, 0.3) is 0 Å². The lowest BCUT2D eigenvalue weighted by molar-refractivity contribution is 0.103. The molecule has 1 rings (SSSR count). The molecule has 0 aliphatic heterocycles. The molecule has 1 unspecified atom stereocenters. The van der Waals surface area contributed by atoms with Crippen LogP contribution in [0, 0.1) is 17.2 Å². The fourth-order valence-electron chi connectivity index (χ4n) is 1.96. The van der Waals surface area contributed by atoms with Crippen molar-refractivity contribution in [3.05, 3.63) is 0 Å². The molecular formula is C10H17NO. The number of hydrogen-bond donors (Lipinski definition) is 1. The van der Waals surface area contributed by atoms with E-state index in [1.165, 1.54) is 25.7 Å². The molecule has 12 heavy (non-hydrogen) atoms. The first-order valence-electron chi connectivity index (χ1n) is 4.89. The number of nitriles is 1. The molecule has 0 heterocycles. The van der Waals surface area contributed by atoms with Crippen LogP contribution in [-0.4, -0.2) is 11.2 Å². The van der Waals surface area contributed by atoms with E-state index < -0.39 is 0 Å². The molecule has 1 N–H and O–H groups in total. The summed E-state index contributed by atoms with van der Waals surface area (Å²) >= 11 is 0. The smallest absolute Gasteiger partial charge is 0.0698 e. The third-order valence-electron chi connectivity index (χ3n) is 2.74. The quantitative estimate of drug-likeness (QED) is 0.641. The van der Waals surface area contributed by atoms with E-state index in [4.69, 9.17) is 5.26 Å². The van der Waals surface area contributed by atoms with Crippen LogP contribution in [0.3, 0.4) is 0 Å². The van der Waals surface area contributed by atoms with Crippen molar-refractivity contribution >= 4 is 0 Å². The monoisotopic (exact) mass is 167 g/mol. The molecule has 0 radical (unpaired) electrons. The minimum Gasteiger partial charge on any atom is -0.392 e. The maximum atomic E-state index is 9.58. The molecule has 0 aromatic carbocycles.